The summed E-state index contributed by atoms with van der Waals surface area (Å²) in [5.41, 5.74) is 2.74. The van der Waals surface area contributed by atoms with E-state index in [9.17, 15) is 0 Å². The van der Waals surface area contributed by atoms with E-state index in [1.807, 2.05) is 6.08 Å². The molecule has 0 fully saturated rings. The summed E-state index contributed by atoms with van der Waals surface area (Å²) in [7, 11) is 0. The molecule has 0 aliphatic rings. The first kappa shape index (κ1) is 11.2. The van der Waals surface area contributed by atoms with Crippen molar-refractivity contribution in [2.24, 2.45) is 0 Å². The van der Waals surface area contributed by atoms with Crippen LogP contribution in [0.25, 0.3) is 0 Å². The summed E-state index contributed by atoms with van der Waals surface area (Å²) in [4.78, 5) is 0. The molecule has 0 aromatic heterocycles. The molecule has 0 heterocycles. The molecule has 0 rings (SSSR count). The minimum absolute atomic E-state index is 1.09. The Morgan fingerprint density at radius 1 is 1.17 bits per heavy atom. The Balaban J connectivity index is 3.53. The second-order valence-corrected chi connectivity index (χ2v) is 3.37. The second-order valence-electron chi connectivity index (χ2n) is 3.37. The van der Waals surface area contributed by atoms with Gasteiger partial charge in [0.1, 0.15) is 0 Å². The first-order valence-electron chi connectivity index (χ1n) is 4.57. The van der Waals surface area contributed by atoms with Crippen molar-refractivity contribution in [3.63, 3.8) is 0 Å². The molecule has 0 aromatic rings. The maximum Gasteiger partial charge on any atom is -0.0288 e. The fraction of sp³-hybridized carbons (Fsp3) is 0.500. The molecule has 68 valence electrons. The lowest BCUT2D eigenvalue weighted by Crippen LogP contribution is -1.78. The summed E-state index contributed by atoms with van der Waals surface area (Å²) in [5, 5.41) is 0. The monoisotopic (exact) mass is 164 g/mol. The van der Waals surface area contributed by atoms with Crippen LogP contribution in [0.5, 0.6) is 0 Å². The van der Waals surface area contributed by atoms with Gasteiger partial charge in [0.25, 0.3) is 0 Å². The number of hydrogen-bond acceptors (Lipinski definition) is 0. The van der Waals surface area contributed by atoms with Crippen LogP contribution >= 0.6 is 0 Å². The Hall–Kier alpha value is -0.780. The van der Waals surface area contributed by atoms with Crippen molar-refractivity contribution in [1.29, 1.82) is 0 Å². The molecule has 12 heavy (non-hydrogen) atoms. The van der Waals surface area contributed by atoms with E-state index in [0.29, 0.717) is 0 Å². The second kappa shape index (κ2) is 6.90. The molecule has 0 unspecified atom stereocenters. The van der Waals surface area contributed by atoms with Crippen molar-refractivity contribution >= 4 is 0 Å². The fourth-order valence-corrected chi connectivity index (χ4v) is 0.997. The van der Waals surface area contributed by atoms with E-state index in [-0.39, 0.29) is 0 Å². The van der Waals surface area contributed by atoms with Crippen molar-refractivity contribution in [2.45, 2.75) is 39.5 Å². The van der Waals surface area contributed by atoms with Crippen molar-refractivity contribution in [1.82, 2.24) is 0 Å². The summed E-state index contributed by atoms with van der Waals surface area (Å²) in [6.45, 7) is 11.8. The van der Waals surface area contributed by atoms with Gasteiger partial charge in [0.2, 0.25) is 0 Å². The van der Waals surface area contributed by atoms with Gasteiger partial charge < -0.3 is 0 Å². The van der Waals surface area contributed by atoms with Gasteiger partial charge in [-0.1, -0.05) is 23.3 Å². The lowest BCUT2D eigenvalue weighted by molar-refractivity contribution is 0.925. The van der Waals surface area contributed by atoms with Crippen LogP contribution in [0.4, 0.5) is 0 Å². The van der Waals surface area contributed by atoms with Crippen LogP contribution in [0.3, 0.4) is 0 Å². The molecule has 0 aliphatic heterocycles. The molecule has 0 atom stereocenters. The van der Waals surface area contributed by atoms with Gasteiger partial charge in [-0.25, -0.2) is 0 Å². The van der Waals surface area contributed by atoms with Crippen LogP contribution in [0.15, 0.2) is 36.5 Å². The predicted octanol–water partition coefficient (Wildman–Crippen LogP) is 4.26. The molecule has 0 heteroatoms. The largest absolute Gasteiger partial charge is 0.103 e. The third-order valence-corrected chi connectivity index (χ3v) is 1.81. The molecule has 0 bridgehead atoms. The molecule has 0 saturated carbocycles. The summed E-state index contributed by atoms with van der Waals surface area (Å²) in [6, 6.07) is 0. The molecule has 0 N–H and O–H groups in total. The van der Waals surface area contributed by atoms with Crippen LogP contribution in [0.1, 0.15) is 39.5 Å². The molecular weight excluding hydrogens is 144 g/mol. The molecule has 0 amide bonds. The van der Waals surface area contributed by atoms with Crippen molar-refractivity contribution in [3.8, 4) is 0 Å². The highest BCUT2D eigenvalue weighted by molar-refractivity contribution is 5.01. The van der Waals surface area contributed by atoms with E-state index in [2.05, 4.69) is 33.1 Å². The molecule has 0 aliphatic carbocycles. The number of rotatable bonds is 6. The summed E-state index contributed by atoms with van der Waals surface area (Å²) < 4.78 is 0. The lowest BCUT2D eigenvalue weighted by Gasteiger charge is -1.98. The minimum atomic E-state index is 1.09. The number of hydrogen-bond donors (Lipinski definition) is 0. The lowest BCUT2D eigenvalue weighted by atomic mass is 10.1. The molecular formula is C12H20. The van der Waals surface area contributed by atoms with Gasteiger partial charge in [0.15, 0.2) is 0 Å². The maximum absolute atomic E-state index is 3.87. The van der Waals surface area contributed by atoms with Gasteiger partial charge in [0, 0.05) is 0 Å². The number of allylic oxidation sites excluding steroid dienone is 4. The van der Waals surface area contributed by atoms with Gasteiger partial charge in [-0.05, 0) is 39.5 Å². The zero-order chi connectivity index (χ0) is 9.40. The third-order valence-electron chi connectivity index (χ3n) is 1.81. The standard InChI is InChI=1S/C12H20/c1-5-6-9-12(4)10-7-8-11(2)3/h5,10H,1-2,6-9H2,3-4H3/b12-10-. The highest BCUT2D eigenvalue weighted by Crippen LogP contribution is 2.08. The minimum Gasteiger partial charge on any atom is -0.103 e. The average molecular weight is 164 g/mol. The summed E-state index contributed by atoms with van der Waals surface area (Å²) >= 11 is 0. The van der Waals surface area contributed by atoms with Crippen LogP contribution in [0.2, 0.25) is 0 Å². The highest BCUT2D eigenvalue weighted by Gasteiger charge is 1.88. The van der Waals surface area contributed by atoms with E-state index in [0.717, 1.165) is 25.7 Å². The topological polar surface area (TPSA) is 0 Å². The molecule has 0 aromatic carbocycles. The normalized spacial score (nSPS) is 11.3. The van der Waals surface area contributed by atoms with E-state index in [4.69, 9.17) is 0 Å². The van der Waals surface area contributed by atoms with Crippen molar-refractivity contribution < 1.29 is 0 Å². The van der Waals surface area contributed by atoms with Crippen LogP contribution < -0.4 is 0 Å². The first-order chi connectivity index (χ1) is 5.66. The van der Waals surface area contributed by atoms with Crippen molar-refractivity contribution in [3.05, 3.63) is 36.5 Å². The Morgan fingerprint density at radius 2 is 1.83 bits per heavy atom. The van der Waals surface area contributed by atoms with E-state index in [1.165, 1.54) is 11.1 Å². The average Bonchev–Trinajstić information content (AvgIpc) is 2.00. The molecule has 0 radical (unpaired) electrons. The Morgan fingerprint density at radius 3 is 2.33 bits per heavy atom. The molecule has 0 nitrogen and oxygen atoms in total. The van der Waals surface area contributed by atoms with Gasteiger partial charge >= 0.3 is 0 Å². The fourth-order valence-electron chi connectivity index (χ4n) is 0.997. The zero-order valence-electron chi connectivity index (χ0n) is 8.40. The smallest absolute Gasteiger partial charge is 0.0288 e. The van der Waals surface area contributed by atoms with Crippen LogP contribution in [-0.4, -0.2) is 0 Å². The van der Waals surface area contributed by atoms with Gasteiger partial charge in [0.05, 0.1) is 0 Å². The first-order valence-corrected chi connectivity index (χ1v) is 4.57. The SMILES string of the molecule is C=CCC/C(C)=C\CCC(=C)C. The predicted molar refractivity (Wildman–Crippen MR) is 57.2 cm³/mol. The van der Waals surface area contributed by atoms with E-state index < -0.39 is 0 Å². The molecule has 0 saturated heterocycles. The molecule has 0 spiro atoms. The summed E-state index contributed by atoms with van der Waals surface area (Å²) in [5.74, 6) is 0. The Kier molecular flexibility index (Phi) is 6.45. The van der Waals surface area contributed by atoms with Gasteiger partial charge in [-0.15, -0.1) is 13.2 Å². The summed E-state index contributed by atoms with van der Waals surface area (Å²) in [6.07, 6.45) is 8.77. The van der Waals surface area contributed by atoms with E-state index >= 15 is 0 Å². The van der Waals surface area contributed by atoms with Gasteiger partial charge in [-0.3, -0.25) is 0 Å². The highest BCUT2D eigenvalue weighted by atomic mass is 13.9. The van der Waals surface area contributed by atoms with Gasteiger partial charge in [-0.2, -0.15) is 0 Å². The van der Waals surface area contributed by atoms with Crippen LogP contribution in [0, 0.1) is 0 Å². The third kappa shape index (κ3) is 7.33. The van der Waals surface area contributed by atoms with Crippen molar-refractivity contribution in [2.75, 3.05) is 0 Å². The zero-order valence-corrected chi connectivity index (χ0v) is 8.40. The van der Waals surface area contributed by atoms with Crippen LogP contribution in [-0.2, 0) is 0 Å². The Labute approximate surface area is 76.7 Å². The van der Waals surface area contributed by atoms with E-state index in [1.54, 1.807) is 0 Å². The maximum atomic E-state index is 3.87. The Bertz CT molecular complexity index is 172. The quantitative estimate of drug-likeness (QED) is 0.515.